The minimum atomic E-state index is 0.0147. The summed E-state index contributed by atoms with van der Waals surface area (Å²) >= 11 is 0. The number of carbonyl (C=O) groups excluding carboxylic acids is 1. The average Bonchev–Trinajstić information content (AvgIpc) is 2.49. The van der Waals surface area contributed by atoms with Gasteiger partial charge in [0.1, 0.15) is 0 Å². The van der Waals surface area contributed by atoms with Crippen molar-refractivity contribution < 1.29 is 9.53 Å². The lowest BCUT2D eigenvalue weighted by Crippen LogP contribution is -2.42. The summed E-state index contributed by atoms with van der Waals surface area (Å²) < 4.78 is 5.61. The van der Waals surface area contributed by atoms with E-state index < -0.39 is 0 Å². The number of fused-ring (bicyclic) bond motifs is 1. The van der Waals surface area contributed by atoms with Crippen molar-refractivity contribution in [1.29, 1.82) is 0 Å². The monoisotopic (exact) mass is 302 g/mol. The molecule has 1 aromatic rings. The highest BCUT2D eigenvalue weighted by Gasteiger charge is 2.36. The predicted molar refractivity (Wildman–Crippen MR) is 86.2 cm³/mol. The Morgan fingerprint density at radius 3 is 2.77 bits per heavy atom. The van der Waals surface area contributed by atoms with E-state index in [2.05, 4.69) is 10.3 Å². The van der Waals surface area contributed by atoms with Gasteiger partial charge in [0.15, 0.2) is 0 Å². The van der Waals surface area contributed by atoms with E-state index in [1.54, 1.807) is 7.11 Å². The highest BCUT2D eigenvalue weighted by molar-refractivity contribution is 5.96. The van der Waals surface area contributed by atoms with Crippen LogP contribution in [-0.2, 0) is 17.6 Å². The fourth-order valence-electron chi connectivity index (χ4n) is 3.67. The zero-order chi connectivity index (χ0) is 15.6. The van der Waals surface area contributed by atoms with Crippen molar-refractivity contribution >= 4 is 5.91 Å². The summed E-state index contributed by atoms with van der Waals surface area (Å²) in [7, 11) is 1.78. The molecule has 1 fully saturated rings. The van der Waals surface area contributed by atoms with Crippen LogP contribution < -0.4 is 5.32 Å². The number of nitrogens with zero attached hydrogens (tertiary/aromatic N) is 1. The van der Waals surface area contributed by atoms with Crippen LogP contribution in [0.5, 0.6) is 0 Å². The second-order valence-corrected chi connectivity index (χ2v) is 6.69. The van der Waals surface area contributed by atoms with Gasteiger partial charge in [-0.1, -0.05) is 0 Å². The third kappa shape index (κ3) is 3.02. The molecule has 0 bridgehead atoms. The van der Waals surface area contributed by atoms with Crippen molar-refractivity contribution in [3.05, 3.63) is 28.6 Å². The summed E-state index contributed by atoms with van der Waals surface area (Å²) in [4.78, 5) is 17.2. The maximum absolute atomic E-state index is 12.6. The Hall–Kier alpha value is -1.42. The first-order valence-corrected chi connectivity index (χ1v) is 8.46. The van der Waals surface area contributed by atoms with Gasteiger partial charge in [-0.2, -0.15) is 0 Å². The molecule has 120 valence electrons. The highest BCUT2D eigenvalue weighted by atomic mass is 16.5. The Kier molecular flexibility index (Phi) is 4.48. The average molecular weight is 302 g/mol. The van der Waals surface area contributed by atoms with Crippen molar-refractivity contribution in [2.75, 3.05) is 13.7 Å². The van der Waals surface area contributed by atoms with Crippen LogP contribution in [0.2, 0.25) is 0 Å². The first-order chi connectivity index (χ1) is 10.6. The number of methoxy groups -OCH3 is 1. The number of hydrogen-bond donors (Lipinski definition) is 1. The molecule has 1 N–H and O–H groups in total. The molecular formula is C18H26N2O2. The molecule has 0 spiro atoms. The van der Waals surface area contributed by atoms with Crippen LogP contribution in [0, 0.1) is 6.92 Å². The van der Waals surface area contributed by atoms with Crippen LogP contribution in [-0.4, -0.2) is 30.1 Å². The summed E-state index contributed by atoms with van der Waals surface area (Å²) in [6, 6.07) is 1.94. The van der Waals surface area contributed by atoms with Crippen LogP contribution in [0.3, 0.4) is 0 Å². The number of carbonyl (C=O) groups is 1. The maximum atomic E-state index is 12.6. The fraction of sp³-hybridized carbons (Fsp3) is 0.667. The van der Waals surface area contributed by atoms with Crippen LogP contribution in [0.4, 0.5) is 0 Å². The Balaban J connectivity index is 1.66. The number of nitrogens with one attached hydrogen (secondary N) is 1. The third-order valence-corrected chi connectivity index (χ3v) is 5.24. The lowest BCUT2D eigenvalue weighted by atomic mass is 9.77. The molecule has 2 aliphatic rings. The molecule has 0 aliphatic heterocycles. The van der Waals surface area contributed by atoms with Gasteiger partial charge in [-0.3, -0.25) is 9.78 Å². The van der Waals surface area contributed by atoms with Crippen molar-refractivity contribution in [3.8, 4) is 0 Å². The molecule has 1 aromatic heterocycles. The fourth-order valence-corrected chi connectivity index (χ4v) is 3.67. The SMILES string of the molecule is COC1(CCNC(=O)c2cc(C)nc3c2CCCC3)CCC1. The van der Waals surface area contributed by atoms with Gasteiger partial charge in [0.2, 0.25) is 0 Å². The van der Waals surface area contributed by atoms with Crippen LogP contribution in [0.25, 0.3) is 0 Å². The molecule has 1 amide bonds. The van der Waals surface area contributed by atoms with E-state index in [9.17, 15) is 4.79 Å². The number of ether oxygens (including phenoxy) is 1. The number of aryl methyl sites for hydroxylation is 2. The molecule has 0 atom stereocenters. The van der Waals surface area contributed by atoms with E-state index in [0.717, 1.165) is 55.5 Å². The number of aromatic nitrogens is 1. The molecule has 2 aliphatic carbocycles. The summed E-state index contributed by atoms with van der Waals surface area (Å²) in [6.07, 6.45) is 8.69. The van der Waals surface area contributed by atoms with Gasteiger partial charge in [0, 0.05) is 30.6 Å². The molecular weight excluding hydrogens is 276 g/mol. The molecule has 4 nitrogen and oxygen atoms in total. The van der Waals surface area contributed by atoms with Gasteiger partial charge in [0.25, 0.3) is 5.91 Å². The van der Waals surface area contributed by atoms with Crippen LogP contribution in [0.15, 0.2) is 6.07 Å². The first kappa shape index (κ1) is 15.5. The Bertz CT molecular complexity index is 559. The van der Waals surface area contributed by atoms with Crippen molar-refractivity contribution in [3.63, 3.8) is 0 Å². The summed E-state index contributed by atoms with van der Waals surface area (Å²) in [5, 5.41) is 3.09. The maximum Gasteiger partial charge on any atom is 0.251 e. The van der Waals surface area contributed by atoms with Crippen molar-refractivity contribution in [2.24, 2.45) is 0 Å². The van der Waals surface area contributed by atoms with Crippen molar-refractivity contribution in [2.45, 2.75) is 63.9 Å². The number of amides is 1. The second kappa shape index (κ2) is 6.37. The Labute approximate surface area is 132 Å². The van der Waals surface area contributed by atoms with Gasteiger partial charge >= 0.3 is 0 Å². The van der Waals surface area contributed by atoms with E-state index >= 15 is 0 Å². The van der Waals surface area contributed by atoms with Crippen LogP contribution >= 0.6 is 0 Å². The molecule has 0 saturated heterocycles. The number of hydrogen-bond acceptors (Lipinski definition) is 3. The largest absolute Gasteiger partial charge is 0.378 e. The van der Waals surface area contributed by atoms with E-state index in [-0.39, 0.29) is 11.5 Å². The van der Waals surface area contributed by atoms with E-state index in [4.69, 9.17) is 4.74 Å². The van der Waals surface area contributed by atoms with E-state index in [1.165, 1.54) is 18.4 Å². The molecule has 1 heterocycles. The topological polar surface area (TPSA) is 51.2 Å². The normalized spacial score (nSPS) is 19.2. The zero-order valence-corrected chi connectivity index (χ0v) is 13.7. The van der Waals surface area contributed by atoms with E-state index in [0.29, 0.717) is 6.54 Å². The molecule has 1 saturated carbocycles. The molecule has 4 heteroatoms. The smallest absolute Gasteiger partial charge is 0.251 e. The standard InChI is InChI=1S/C18H26N2O2/c1-13-12-15(14-6-3-4-7-16(14)20-13)17(21)19-11-10-18(22-2)8-5-9-18/h12H,3-11H2,1-2H3,(H,19,21). The van der Waals surface area contributed by atoms with Gasteiger partial charge < -0.3 is 10.1 Å². The summed E-state index contributed by atoms with van der Waals surface area (Å²) in [6.45, 7) is 2.66. The number of pyridine rings is 1. The molecule has 22 heavy (non-hydrogen) atoms. The van der Waals surface area contributed by atoms with Gasteiger partial charge in [0.05, 0.1) is 5.60 Å². The highest BCUT2D eigenvalue weighted by Crippen LogP contribution is 2.37. The second-order valence-electron chi connectivity index (χ2n) is 6.69. The zero-order valence-electron chi connectivity index (χ0n) is 13.7. The Morgan fingerprint density at radius 1 is 1.32 bits per heavy atom. The van der Waals surface area contributed by atoms with Gasteiger partial charge in [-0.25, -0.2) is 0 Å². The van der Waals surface area contributed by atoms with Crippen molar-refractivity contribution in [1.82, 2.24) is 10.3 Å². The Morgan fingerprint density at radius 2 is 2.09 bits per heavy atom. The van der Waals surface area contributed by atoms with E-state index in [1.807, 2.05) is 13.0 Å². The number of rotatable bonds is 5. The third-order valence-electron chi connectivity index (χ3n) is 5.24. The minimum absolute atomic E-state index is 0.0147. The molecule has 0 radical (unpaired) electrons. The molecule has 0 unspecified atom stereocenters. The lowest BCUT2D eigenvalue weighted by molar-refractivity contribution is -0.0764. The first-order valence-electron chi connectivity index (χ1n) is 8.46. The summed E-state index contributed by atoms with van der Waals surface area (Å²) in [5.74, 6) is 0.0502. The summed E-state index contributed by atoms with van der Waals surface area (Å²) in [5.41, 5.74) is 4.09. The van der Waals surface area contributed by atoms with Gasteiger partial charge in [-0.15, -0.1) is 0 Å². The lowest BCUT2D eigenvalue weighted by Gasteiger charge is -2.40. The van der Waals surface area contributed by atoms with Crippen LogP contribution in [0.1, 0.15) is 65.8 Å². The minimum Gasteiger partial charge on any atom is -0.378 e. The van der Waals surface area contributed by atoms with Gasteiger partial charge in [-0.05, 0) is 69.9 Å². The molecule has 0 aromatic carbocycles. The molecule has 3 rings (SSSR count). The predicted octanol–water partition coefficient (Wildman–Crippen LogP) is 2.96. The quantitative estimate of drug-likeness (QED) is 0.910.